The first-order valence-electron chi connectivity index (χ1n) is 4.75. The predicted molar refractivity (Wildman–Crippen MR) is 58.2 cm³/mol. The summed E-state index contributed by atoms with van der Waals surface area (Å²) in [6.07, 6.45) is -0.690. The highest BCUT2D eigenvalue weighted by atomic mass is 16.5. The zero-order valence-electron chi connectivity index (χ0n) is 9.23. The van der Waals surface area contributed by atoms with Crippen LogP contribution in [0.15, 0.2) is 18.2 Å². The van der Waals surface area contributed by atoms with Gasteiger partial charge in [-0.15, -0.1) is 0 Å². The van der Waals surface area contributed by atoms with Crippen LogP contribution in [-0.4, -0.2) is 25.4 Å². The number of rotatable bonds is 4. The molecule has 0 heterocycles. The standard InChI is InChI=1S/C11H17NO3/c1-7(12)11(13)8-4-5-9(14-2)10(6-8)15-3/h4-7,11,13H,12H2,1-3H3/t7?,11-/m1/s1. The van der Waals surface area contributed by atoms with Gasteiger partial charge in [-0.25, -0.2) is 0 Å². The Bertz CT molecular complexity index is 326. The molecule has 0 amide bonds. The molecule has 15 heavy (non-hydrogen) atoms. The van der Waals surface area contributed by atoms with E-state index in [-0.39, 0.29) is 6.04 Å². The summed E-state index contributed by atoms with van der Waals surface area (Å²) >= 11 is 0. The van der Waals surface area contributed by atoms with Gasteiger partial charge < -0.3 is 20.3 Å². The number of ether oxygens (including phenoxy) is 2. The van der Waals surface area contributed by atoms with E-state index in [4.69, 9.17) is 15.2 Å². The van der Waals surface area contributed by atoms with Crippen LogP contribution < -0.4 is 15.2 Å². The molecule has 0 saturated carbocycles. The zero-order chi connectivity index (χ0) is 11.4. The Balaban J connectivity index is 3.02. The van der Waals surface area contributed by atoms with Crippen molar-refractivity contribution in [2.75, 3.05) is 14.2 Å². The lowest BCUT2D eigenvalue weighted by molar-refractivity contribution is 0.153. The number of nitrogens with two attached hydrogens (primary N) is 1. The van der Waals surface area contributed by atoms with Crippen molar-refractivity contribution in [3.05, 3.63) is 23.8 Å². The minimum absolute atomic E-state index is 0.317. The summed E-state index contributed by atoms with van der Waals surface area (Å²) in [5.41, 5.74) is 6.33. The lowest BCUT2D eigenvalue weighted by Crippen LogP contribution is -2.24. The first kappa shape index (κ1) is 11.8. The Morgan fingerprint density at radius 3 is 2.27 bits per heavy atom. The SMILES string of the molecule is COc1ccc([C@H](O)C(C)N)cc1OC. The molecule has 0 bridgehead atoms. The molecule has 1 unspecified atom stereocenters. The second-order valence-electron chi connectivity index (χ2n) is 3.42. The first-order chi connectivity index (χ1) is 7.10. The van der Waals surface area contributed by atoms with Gasteiger partial charge in [0.2, 0.25) is 0 Å². The fraction of sp³-hybridized carbons (Fsp3) is 0.455. The highest BCUT2D eigenvalue weighted by molar-refractivity contribution is 5.43. The average Bonchev–Trinajstić information content (AvgIpc) is 2.26. The summed E-state index contributed by atoms with van der Waals surface area (Å²) in [6.45, 7) is 1.75. The lowest BCUT2D eigenvalue weighted by Gasteiger charge is -2.16. The monoisotopic (exact) mass is 211 g/mol. The van der Waals surface area contributed by atoms with Crippen LogP contribution in [0.1, 0.15) is 18.6 Å². The average molecular weight is 211 g/mol. The fourth-order valence-electron chi connectivity index (χ4n) is 1.34. The van der Waals surface area contributed by atoms with Gasteiger partial charge in [0, 0.05) is 6.04 Å². The number of aliphatic hydroxyl groups excluding tert-OH is 1. The van der Waals surface area contributed by atoms with Crippen LogP contribution in [0, 0.1) is 0 Å². The molecule has 1 aromatic rings. The maximum absolute atomic E-state index is 9.76. The maximum Gasteiger partial charge on any atom is 0.161 e. The first-order valence-corrected chi connectivity index (χ1v) is 4.75. The molecule has 0 spiro atoms. The summed E-state index contributed by atoms with van der Waals surface area (Å²) in [6, 6.07) is 4.94. The third kappa shape index (κ3) is 2.61. The van der Waals surface area contributed by atoms with Crippen LogP contribution >= 0.6 is 0 Å². The molecule has 4 heteroatoms. The van der Waals surface area contributed by atoms with Gasteiger partial charge in [0.25, 0.3) is 0 Å². The van der Waals surface area contributed by atoms with Crippen molar-refractivity contribution >= 4 is 0 Å². The molecule has 0 aromatic heterocycles. The van der Waals surface area contributed by atoms with E-state index < -0.39 is 6.10 Å². The number of benzene rings is 1. The van der Waals surface area contributed by atoms with Gasteiger partial charge in [-0.3, -0.25) is 0 Å². The lowest BCUT2D eigenvalue weighted by atomic mass is 10.0. The van der Waals surface area contributed by atoms with Crippen LogP contribution in [-0.2, 0) is 0 Å². The zero-order valence-corrected chi connectivity index (χ0v) is 9.23. The summed E-state index contributed by atoms with van der Waals surface area (Å²) < 4.78 is 10.2. The maximum atomic E-state index is 9.76. The Labute approximate surface area is 89.6 Å². The molecule has 84 valence electrons. The van der Waals surface area contributed by atoms with Crippen LogP contribution in [0.2, 0.25) is 0 Å². The van der Waals surface area contributed by atoms with E-state index in [0.29, 0.717) is 11.5 Å². The van der Waals surface area contributed by atoms with Crippen LogP contribution in [0.25, 0.3) is 0 Å². The Morgan fingerprint density at radius 1 is 1.20 bits per heavy atom. The topological polar surface area (TPSA) is 64.7 Å². The second kappa shape index (κ2) is 5.00. The van der Waals surface area contributed by atoms with E-state index in [0.717, 1.165) is 5.56 Å². The van der Waals surface area contributed by atoms with Crippen molar-refractivity contribution < 1.29 is 14.6 Å². The van der Waals surface area contributed by atoms with Crippen molar-refractivity contribution in [1.29, 1.82) is 0 Å². The molecule has 0 saturated heterocycles. The van der Waals surface area contributed by atoms with Crippen LogP contribution in [0.3, 0.4) is 0 Å². The number of aliphatic hydroxyl groups is 1. The summed E-state index contributed by atoms with van der Waals surface area (Å²) in [7, 11) is 3.12. The minimum atomic E-state index is -0.690. The molecule has 0 aliphatic heterocycles. The third-order valence-corrected chi connectivity index (χ3v) is 2.25. The molecule has 0 fully saturated rings. The number of hydrogen-bond donors (Lipinski definition) is 2. The molecule has 0 aliphatic carbocycles. The van der Waals surface area contributed by atoms with Crippen LogP contribution in [0.5, 0.6) is 11.5 Å². The molecular weight excluding hydrogens is 194 g/mol. The normalized spacial score (nSPS) is 14.5. The quantitative estimate of drug-likeness (QED) is 0.782. The van der Waals surface area contributed by atoms with E-state index in [1.807, 2.05) is 0 Å². The van der Waals surface area contributed by atoms with E-state index in [1.54, 1.807) is 39.3 Å². The van der Waals surface area contributed by atoms with Crippen molar-refractivity contribution in [2.45, 2.75) is 19.1 Å². The summed E-state index contributed by atoms with van der Waals surface area (Å²) in [5, 5.41) is 9.76. The van der Waals surface area contributed by atoms with E-state index in [1.165, 1.54) is 0 Å². The van der Waals surface area contributed by atoms with Crippen LogP contribution in [0.4, 0.5) is 0 Å². The fourth-order valence-corrected chi connectivity index (χ4v) is 1.34. The molecule has 2 atom stereocenters. The van der Waals surface area contributed by atoms with Gasteiger partial charge in [0.05, 0.1) is 20.3 Å². The largest absolute Gasteiger partial charge is 0.493 e. The van der Waals surface area contributed by atoms with Gasteiger partial charge in [-0.2, -0.15) is 0 Å². The second-order valence-corrected chi connectivity index (χ2v) is 3.42. The van der Waals surface area contributed by atoms with E-state index >= 15 is 0 Å². The predicted octanol–water partition coefficient (Wildman–Crippen LogP) is 1.08. The minimum Gasteiger partial charge on any atom is -0.493 e. The van der Waals surface area contributed by atoms with Crippen molar-refractivity contribution in [2.24, 2.45) is 5.73 Å². The smallest absolute Gasteiger partial charge is 0.161 e. The number of hydrogen-bond acceptors (Lipinski definition) is 4. The van der Waals surface area contributed by atoms with E-state index in [2.05, 4.69) is 0 Å². The summed E-state index contributed by atoms with van der Waals surface area (Å²) in [5.74, 6) is 1.23. The van der Waals surface area contributed by atoms with Gasteiger partial charge >= 0.3 is 0 Å². The van der Waals surface area contributed by atoms with Crippen molar-refractivity contribution in [3.8, 4) is 11.5 Å². The Hall–Kier alpha value is -1.26. The molecule has 0 radical (unpaired) electrons. The van der Waals surface area contributed by atoms with E-state index in [9.17, 15) is 5.11 Å². The van der Waals surface area contributed by atoms with Gasteiger partial charge in [0.1, 0.15) is 0 Å². The Kier molecular flexibility index (Phi) is 3.94. The molecule has 1 aromatic carbocycles. The summed E-state index contributed by atoms with van der Waals surface area (Å²) in [4.78, 5) is 0. The molecule has 1 rings (SSSR count). The molecular formula is C11H17NO3. The van der Waals surface area contributed by atoms with Crippen molar-refractivity contribution in [3.63, 3.8) is 0 Å². The van der Waals surface area contributed by atoms with Crippen molar-refractivity contribution in [1.82, 2.24) is 0 Å². The number of methoxy groups -OCH3 is 2. The van der Waals surface area contributed by atoms with Gasteiger partial charge in [-0.1, -0.05) is 6.07 Å². The molecule has 0 aliphatic rings. The highest BCUT2D eigenvalue weighted by Crippen LogP contribution is 2.30. The molecule has 4 nitrogen and oxygen atoms in total. The highest BCUT2D eigenvalue weighted by Gasteiger charge is 2.14. The molecule has 3 N–H and O–H groups in total. The third-order valence-electron chi connectivity index (χ3n) is 2.25. The van der Waals surface area contributed by atoms with Gasteiger partial charge in [-0.05, 0) is 24.6 Å². The Morgan fingerprint density at radius 2 is 1.80 bits per heavy atom. The van der Waals surface area contributed by atoms with Gasteiger partial charge in [0.15, 0.2) is 11.5 Å².